The van der Waals surface area contributed by atoms with E-state index in [1.807, 2.05) is 57.2 Å². The summed E-state index contributed by atoms with van der Waals surface area (Å²) < 4.78 is 17.2. The molecule has 7 heteroatoms. The molecule has 1 aliphatic rings. The minimum atomic E-state index is -0.794. The van der Waals surface area contributed by atoms with Gasteiger partial charge >= 0.3 is 0 Å². The molecule has 38 heavy (non-hydrogen) atoms. The van der Waals surface area contributed by atoms with Gasteiger partial charge in [-0.1, -0.05) is 49.4 Å². The summed E-state index contributed by atoms with van der Waals surface area (Å²) in [5, 5.41) is 11.5. The van der Waals surface area contributed by atoms with E-state index in [4.69, 9.17) is 14.2 Å². The lowest BCUT2D eigenvalue weighted by atomic mass is 9.93. The number of hydrogen-bond donors (Lipinski definition) is 1. The Kier molecular flexibility index (Phi) is 8.05. The van der Waals surface area contributed by atoms with Gasteiger partial charge in [-0.25, -0.2) is 0 Å². The number of carbonyl (C=O) groups is 2. The first-order chi connectivity index (χ1) is 18.3. The van der Waals surface area contributed by atoms with E-state index >= 15 is 0 Å². The zero-order chi connectivity index (χ0) is 27.4. The van der Waals surface area contributed by atoms with Gasteiger partial charge in [-0.2, -0.15) is 0 Å². The molecule has 1 fully saturated rings. The van der Waals surface area contributed by atoms with Gasteiger partial charge < -0.3 is 24.2 Å². The van der Waals surface area contributed by atoms with Crippen molar-refractivity contribution in [2.24, 2.45) is 0 Å². The zero-order valence-electron chi connectivity index (χ0n) is 22.4. The van der Waals surface area contributed by atoms with Crippen molar-refractivity contribution >= 4 is 17.4 Å². The third-order valence-corrected chi connectivity index (χ3v) is 6.62. The Morgan fingerprint density at radius 3 is 2.34 bits per heavy atom. The van der Waals surface area contributed by atoms with Crippen molar-refractivity contribution in [3.8, 4) is 17.2 Å². The third-order valence-electron chi connectivity index (χ3n) is 6.62. The Morgan fingerprint density at radius 2 is 1.68 bits per heavy atom. The molecular formula is C31H33NO6. The Hall–Kier alpha value is -4.26. The van der Waals surface area contributed by atoms with Crippen LogP contribution in [0.4, 0.5) is 0 Å². The maximum atomic E-state index is 13.3. The van der Waals surface area contributed by atoms with Crippen molar-refractivity contribution < 1.29 is 28.9 Å². The molecule has 0 aliphatic carbocycles. The minimum Gasteiger partial charge on any atom is -0.507 e. The lowest BCUT2D eigenvalue weighted by Gasteiger charge is -2.26. The standard InChI is InChI=1S/C31H33NO6/c1-6-14-32-27(22-12-13-24(25(17-22)36-4)38-18-21-10-8-7-9-11-21)26(29(34)31(32)35)28(33)23-16-19(2)15-20(3)30(23)37-5/h7-13,15-17,27,33H,6,14,18H2,1-5H3/b28-26+. The maximum absolute atomic E-state index is 13.3. The Bertz CT molecular complexity index is 1380. The van der Waals surface area contributed by atoms with Crippen LogP contribution >= 0.6 is 0 Å². The molecule has 1 saturated heterocycles. The van der Waals surface area contributed by atoms with Gasteiger partial charge in [0.15, 0.2) is 11.5 Å². The summed E-state index contributed by atoms with van der Waals surface area (Å²) in [7, 11) is 3.05. The molecule has 3 aromatic carbocycles. The molecule has 0 aromatic heterocycles. The summed E-state index contributed by atoms with van der Waals surface area (Å²) in [4.78, 5) is 28.0. The van der Waals surface area contributed by atoms with Gasteiger partial charge in [-0.15, -0.1) is 0 Å². The lowest BCUT2D eigenvalue weighted by molar-refractivity contribution is -0.139. The van der Waals surface area contributed by atoms with Gasteiger partial charge in [0.05, 0.1) is 31.4 Å². The maximum Gasteiger partial charge on any atom is 0.295 e. The van der Waals surface area contributed by atoms with Gasteiger partial charge in [-0.05, 0) is 60.7 Å². The van der Waals surface area contributed by atoms with Crippen LogP contribution in [-0.2, 0) is 16.2 Å². The van der Waals surface area contributed by atoms with Crippen LogP contribution in [0, 0.1) is 13.8 Å². The molecule has 1 amide bonds. The number of amides is 1. The van der Waals surface area contributed by atoms with E-state index in [-0.39, 0.29) is 11.3 Å². The largest absolute Gasteiger partial charge is 0.507 e. The number of ether oxygens (including phenoxy) is 3. The van der Waals surface area contributed by atoms with Gasteiger partial charge in [0.25, 0.3) is 11.7 Å². The average molecular weight is 516 g/mol. The second-order valence-electron chi connectivity index (χ2n) is 9.34. The van der Waals surface area contributed by atoms with E-state index in [1.54, 1.807) is 24.3 Å². The van der Waals surface area contributed by atoms with Crippen LogP contribution < -0.4 is 14.2 Å². The van der Waals surface area contributed by atoms with Crippen LogP contribution in [0.5, 0.6) is 17.2 Å². The van der Waals surface area contributed by atoms with E-state index in [9.17, 15) is 14.7 Å². The van der Waals surface area contributed by atoms with Gasteiger partial charge in [0.1, 0.15) is 18.1 Å². The number of nitrogens with zero attached hydrogens (tertiary/aromatic N) is 1. The number of aliphatic hydroxyl groups is 1. The first-order valence-corrected chi connectivity index (χ1v) is 12.6. The van der Waals surface area contributed by atoms with E-state index in [2.05, 4.69) is 0 Å². The molecule has 0 saturated carbocycles. The van der Waals surface area contributed by atoms with Crippen LogP contribution in [0.15, 0.2) is 66.2 Å². The van der Waals surface area contributed by atoms with Crippen molar-refractivity contribution in [3.05, 3.63) is 94.1 Å². The highest BCUT2D eigenvalue weighted by Crippen LogP contribution is 2.43. The van der Waals surface area contributed by atoms with Crippen LogP contribution in [-0.4, -0.2) is 42.5 Å². The van der Waals surface area contributed by atoms with Crippen LogP contribution in [0.25, 0.3) is 5.76 Å². The normalized spacial score (nSPS) is 16.6. The fourth-order valence-electron chi connectivity index (χ4n) is 4.95. The highest BCUT2D eigenvalue weighted by molar-refractivity contribution is 6.46. The Morgan fingerprint density at radius 1 is 0.947 bits per heavy atom. The summed E-state index contributed by atoms with van der Waals surface area (Å²) in [6, 6.07) is 18.0. The molecule has 198 valence electrons. The number of aliphatic hydroxyl groups excluding tert-OH is 1. The minimum absolute atomic E-state index is 0.0201. The first kappa shape index (κ1) is 26.8. The predicted molar refractivity (Wildman–Crippen MR) is 146 cm³/mol. The fraction of sp³-hybridized carbons (Fsp3) is 0.290. The van der Waals surface area contributed by atoms with Crippen molar-refractivity contribution in [1.82, 2.24) is 4.90 Å². The number of methoxy groups -OCH3 is 2. The molecule has 3 aromatic rings. The molecule has 1 unspecified atom stereocenters. The molecule has 0 radical (unpaired) electrons. The number of aryl methyl sites for hydroxylation is 2. The van der Waals surface area contributed by atoms with E-state index in [0.717, 1.165) is 16.7 Å². The summed E-state index contributed by atoms with van der Waals surface area (Å²) in [5.74, 6) is -0.196. The topological polar surface area (TPSA) is 85.3 Å². The quantitative estimate of drug-likeness (QED) is 0.223. The third kappa shape index (κ3) is 5.09. The highest BCUT2D eigenvalue weighted by atomic mass is 16.5. The van der Waals surface area contributed by atoms with Crippen LogP contribution in [0.2, 0.25) is 0 Å². The second-order valence-corrected chi connectivity index (χ2v) is 9.34. The van der Waals surface area contributed by atoms with Crippen molar-refractivity contribution in [2.45, 2.75) is 39.8 Å². The second kappa shape index (κ2) is 11.4. The van der Waals surface area contributed by atoms with E-state index in [0.29, 0.717) is 47.9 Å². The van der Waals surface area contributed by atoms with Crippen molar-refractivity contribution in [2.75, 3.05) is 20.8 Å². The first-order valence-electron chi connectivity index (χ1n) is 12.6. The van der Waals surface area contributed by atoms with Crippen LogP contribution in [0.3, 0.4) is 0 Å². The van der Waals surface area contributed by atoms with Crippen molar-refractivity contribution in [1.29, 1.82) is 0 Å². The number of likely N-dealkylation sites (tertiary alicyclic amines) is 1. The Balaban J connectivity index is 1.82. The van der Waals surface area contributed by atoms with Gasteiger partial charge in [-0.3, -0.25) is 9.59 Å². The molecule has 1 N–H and O–H groups in total. The molecule has 4 rings (SSSR count). The monoisotopic (exact) mass is 515 g/mol. The summed E-state index contributed by atoms with van der Waals surface area (Å²) in [5.41, 5.74) is 3.75. The summed E-state index contributed by atoms with van der Waals surface area (Å²) in [6.07, 6.45) is 0.645. The van der Waals surface area contributed by atoms with Gasteiger partial charge in [0.2, 0.25) is 0 Å². The highest BCUT2D eigenvalue weighted by Gasteiger charge is 2.46. The smallest absolute Gasteiger partial charge is 0.295 e. The fourth-order valence-corrected chi connectivity index (χ4v) is 4.95. The molecule has 7 nitrogen and oxygen atoms in total. The molecule has 1 heterocycles. The number of benzene rings is 3. The van der Waals surface area contributed by atoms with Gasteiger partial charge in [0, 0.05) is 6.54 Å². The summed E-state index contributed by atoms with van der Waals surface area (Å²) in [6.45, 7) is 6.41. The summed E-state index contributed by atoms with van der Waals surface area (Å²) >= 11 is 0. The number of ketones is 1. The molecule has 0 bridgehead atoms. The molecular weight excluding hydrogens is 482 g/mol. The van der Waals surface area contributed by atoms with Crippen molar-refractivity contribution in [3.63, 3.8) is 0 Å². The average Bonchev–Trinajstić information content (AvgIpc) is 3.16. The molecule has 0 spiro atoms. The number of hydrogen-bond acceptors (Lipinski definition) is 6. The van der Waals surface area contributed by atoms with E-state index < -0.39 is 17.7 Å². The molecule has 1 aliphatic heterocycles. The zero-order valence-corrected chi connectivity index (χ0v) is 22.4. The van der Waals surface area contributed by atoms with Crippen LogP contribution in [0.1, 0.15) is 47.2 Å². The number of Topliss-reactive ketones (excluding diaryl/α,β-unsaturated/α-hetero) is 1. The SMILES string of the molecule is CCCN1C(=O)C(=O)/C(=C(/O)c2cc(C)cc(C)c2OC)C1c1ccc(OCc2ccccc2)c(OC)c1. The number of rotatable bonds is 9. The molecule has 1 atom stereocenters. The number of carbonyl (C=O) groups excluding carboxylic acids is 2. The lowest BCUT2D eigenvalue weighted by Crippen LogP contribution is -2.30. The Labute approximate surface area is 223 Å². The van der Waals surface area contributed by atoms with E-state index in [1.165, 1.54) is 19.1 Å². The predicted octanol–water partition coefficient (Wildman–Crippen LogP) is 5.73.